The average molecular weight is 917 g/mol. The van der Waals surface area contributed by atoms with E-state index in [1.807, 2.05) is 0 Å². The first-order valence-corrected chi connectivity index (χ1v) is 24.7. The molecule has 0 atom stereocenters. The van der Waals surface area contributed by atoms with Crippen LogP contribution in [0.15, 0.2) is 291 Å². The molecular weight excluding hydrogens is 869 g/mol. The summed E-state index contributed by atoms with van der Waals surface area (Å²) in [6.07, 6.45) is 0. The number of fused-ring (bicyclic) bond motifs is 4. The maximum absolute atomic E-state index is 2.43. The third-order valence-electron chi connectivity index (χ3n) is 14.2. The van der Waals surface area contributed by atoms with Gasteiger partial charge in [0.2, 0.25) is 0 Å². The molecule has 0 saturated carbocycles. The molecule has 13 aromatic rings. The number of aromatic nitrogens is 1. The summed E-state index contributed by atoms with van der Waals surface area (Å²) in [5.74, 6) is 0. The van der Waals surface area contributed by atoms with E-state index in [-0.39, 0.29) is 0 Å². The molecule has 13 rings (SSSR count). The zero-order valence-corrected chi connectivity index (χ0v) is 39.6. The minimum atomic E-state index is 1.07. The predicted octanol–water partition coefficient (Wildman–Crippen LogP) is 19.4. The summed E-state index contributed by atoms with van der Waals surface area (Å²) in [4.78, 5) is 2.43. The molecule has 1 aromatic heterocycles. The number of anilines is 3. The van der Waals surface area contributed by atoms with Gasteiger partial charge < -0.3 is 9.47 Å². The van der Waals surface area contributed by atoms with Crippen LogP contribution < -0.4 is 4.90 Å². The minimum absolute atomic E-state index is 1.07. The molecule has 1 heterocycles. The summed E-state index contributed by atoms with van der Waals surface area (Å²) in [5, 5.41) is 4.94. The average Bonchev–Trinajstić information content (AvgIpc) is 3.80. The molecule has 0 spiro atoms. The number of nitrogens with zero attached hydrogens (tertiary/aromatic N) is 2. The van der Waals surface area contributed by atoms with Crippen molar-refractivity contribution >= 4 is 49.6 Å². The second-order valence-corrected chi connectivity index (χ2v) is 18.4. The van der Waals surface area contributed by atoms with Crippen molar-refractivity contribution in [2.75, 3.05) is 4.90 Å². The van der Waals surface area contributed by atoms with E-state index < -0.39 is 0 Å². The summed E-state index contributed by atoms with van der Waals surface area (Å²) in [5.41, 5.74) is 21.0. The lowest BCUT2D eigenvalue weighted by atomic mass is 9.90. The molecule has 0 unspecified atom stereocenters. The van der Waals surface area contributed by atoms with Gasteiger partial charge in [-0.05, 0) is 133 Å². The van der Waals surface area contributed by atoms with Crippen LogP contribution in [0.3, 0.4) is 0 Å². The van der Waals surface area contributed by atoms with Gasteiger partial charge in [-0.15, -0.1) is 0 Å². The van der Waals surface area contributed by atoms with Gasteiger partial charge in [0.1, 0.15) is 0 Å². The Morgan fingerprint density at radius 3 is 1.38 bits per heavy atom. The van der Waals surface area contributed by atoms with E-state index in [0.717, 1.165) is 39.4 Å². The van der Waals surface area contributed by atoms with E-state index >= 15 is 0 Å². The second kappa shape index (κ2) is 18.4. The normalized spacial score (nSPS) is 11.3. The van der Waals surface area contributed by atoms with Crippen molar-refractivity contribution in [3.05, 3.63) is 291 Å². The molecule has 0 aliphatic carbocycles. The van der Waals surface area contributed by atoms with E-state index in [2.05, 4.69) is 301 Å². The fourth-order valence-corrected chi connectivity index (χ4v) is 10.8. The Hall–Kier alpha value is -9.50. The van der Waals surface area contributed by atoms with Crippen LogP contribution in [0.25, 0.3) is 105 Å². The molecule has 72 heavy (non-hydrogen) atoms. The van der Waals surface area contributed by atoms with Gasteiger partial charge in [-0.2, -0.15) is 0 Å². The Morgan fingerprint density at radius 1 is 0.250 bits per heavy atom. The third kappa shape index (κ3) is 7.73. The van der Waals surface area contributed by atoms with E-state index in [0.29, 0.717) is 0 Å². The van der Waals surface area contributed by atoms with Crippen molar-refractivity contribution in [2.45, 2.75) is 0 Å². The maximum atomic E-state index is 2.43. The molecule has 2 heteroatoms. The molecule has 0 saturated heterocycles. The van der Waals surface area contributed by atoms with Gasteiger partial charge in [-0.1, -0.05) is 231 Å². The molecule has 0 aliphatic heterocycles. The molecule has 0 aliphatic rings. The summed E-state index contributed by atoms with van der Waals surface area (Å²) in [6, 6.07) is 106. The Labute approximate surface area is 420 Å². The van der Waals surface area contributed by atoms with Crippen LogP contribution in [0.2, 0.25) is 0 Å². The summed E-state index contributed by atoms with van der Waals surface area (Å²) in [7, 11) is 0. The molecule has 0 N–H and O–H groups in total. The quantitative estimate of drug-likeness (QED) is 0.133. The zero-order chi connectivity index (χ0) is 47.8. The smallest absolute Gasteiger partial charge is 0.0547 e. The van der Waals surface area contributed by atoms with Crippen molar-refractivity contribution in [3.8, 4) is 72.4 Å². The van der Waals surface area contributed by atoms with Crippen molar-refractivity contribution < 1.29 is 0 Å². The lowest BCUT2D eigenvalue weighted by Gasteiger charge is -2.29. The van der Waals surface area contributed by atoms with Gasteiger partial charge in [0.25, 0.3) is 0 Å². The SMILES string of the molecule is c1ccc(-c2ccc(-c3ccc(N(c4ccc(-c5ccc6c7ccccc7n(-c7ccccc7)c6c5)cc4)c4ccccc4-c4cccc5cccc(-c6ccccc6)c45)cc3)cc2-c2ccccc2)cc1. The van der Waals surface area contributed by atoms with Crippen molar-refractivity contribution in [1.82, 2.24) is 4.57 Å². The first-order valence-electron chi connectivity index (χ1n) is 24.7. The van der Waals surface area contributed by atoms with Crippen LogP contribution in [0, 0.1) is 0 Å². The lowest BCUT2D eigenvalue weighted by Crippen LogP contribution is -2.11. The molecule has 12 aromatic carbocycles. The van der Waals surface area contributed by atoms with Gasteiger partial charge in [0.15, 0.2) is 0 Å². The predicted molar refractivity (Wildman–Crippen MR) is 306 cm³/mol. The van der Waals surface area contributed by atoms with Crippen molar-refractivity contribution in [2.24, 2.45) is 0 Å². The molecule has 2 nitrogen and oxygen atoms in total. The van der Waals surface area contributed by atoms with Crippen LogP contribution in [0.1, 0.15) is 0 Å². The van der Waals surface area contributed by atoms with E-state index in [4.69, 9.17) is 0 Å². The molecule has 0 bridgehead atoms. The van der Waals surface area contributed by atoms with Gasteiger partial charge in [0, 0.05) is 33.4 Å². The van der Waals surface area contributed by atoms with E-state index in [9.17, 15) is 0 Å². The largest absolute Gasteiger partial charge is 0.310 e. The molecule has 0 amide bonds. The Balaban J connectivity index is 0.950. The zero-order valence-electron chi connectivity index (χ0n) is 39.6. The second-order valence-electron chi connectivity index (χ2n) is 18.4. The summed E-state index contributed by atoms with van der Waals surface area (Å²) in [6.45, 7) is 0. The number of benzene rings is 12. The fourth-order valence-electron chi connectivity index (χ4n) is 10.8. The van der Waals surface area contributed by atoms with Crippen LogP contribution in [-0.4, -0.2) is 4.57 Å². The Kier molecular flexibility index (Phi) is 10.9. The van der Waals surface area contributed by atoms with E-state index in [1.165, 1.54) is 82.6 Å². The number of rotatable bonds is 10. The minimum Gasteiger partial charge on any atom is -0.310 e. The molecular formula is C70H48N2. The van der Waals surface area contributed by atoms with E-state index in [1.54, 1.807) is 0 Å². The first kappa shape index (κ1) is 42.6. The number of hydrogen-bond acceptors (Lipinski definition) is 1. The maximum Gasteiger partial charge on any atom is 0.0547 e. The molecule has 0 radical (unpaired) electrons. The fraction of sp³-hybridized carbons (Fsp3) is 0. The highest BCUT2D eigenvalue weighted by Crippen LogP contribution is 2.46. The van der Waals surface area contributed by atoms with Crippen LogP contribution in [-0.2, 0) is 0 Å². The van der Waals surface area contributed by atoms with Crippen LogP contribution in [0.5, 0.6) is 0 Å². The molecule has 0 fully saturated rings. The van der Waals surface area contributed by atoms with Gasteiger partial charge in [-0.25, -0.2) is 0 Å². The lowest BCUT2D eigenvalue weighted by molar-refractivity contribution is 1.18. The molecule has 338 valence electrons. The monoisotopic (exact) mass is 916 g/mol. The highest BCUT2D eigenvalue weighted by Gasteiger charge is 2.21. The van der Waals surface area contributed by atoms with Crippen LogP contribution in [0.4, 0.5) is 17.1 Å². The van der Waals surface area contributed by atoms with Gasteiger partial charge >= 0.3 is 0 Å². The van der Waals surface area contributed by atoms with Gasteiger partial charge in [0.05, 0.1) is 16.7 Å². The van der Waals surface area contributed by atoms with Crippen molar-refractivity contribution in [1.29, 1.82) is 0 Å². The topological polar surface area (TPSA) is 8.17 Å². The number of hydrogen-bond donors (Lipinski definition) is 0. The highest BCUT2D eigenvalue weighted by molar-refractivity contribution is 6.11. The Morgan fingerprint density at radius 2 is 0.722 bits per heavy atom. The summed E-state index contributed by atoms with van der Waals surface area (Å²) >= 11 is 0. The first-order chi connectivity index (χ1) is 35.7. The van der Waals surface area contributed by atoms with Crippen LogP contribution >= 0.6 is 0 Å². The standard InChI is InChI=1S/C70H48N2/c1-5-19-51(20-6-1)60-45-39-55(47-66(60)53-23-9-3-10-24-53)49-35-41-58(42-36-49)71(67-33-15-14-30-63(67)65-32-18-26-54-25-17-31-61(70(54)65)52-21-7-2-8-22-52)59-43-37-50(38-44-59)56-40-46-64-62-29-13-16-34-68(62)72(69(64)48-56)57-27-11-4-12-28-57/h1-48H. The Bertz CT molecular complexity index is 4040. The third-order valence-corrected chi connectivity index (χ3v) is 14.2. The highest BCUT2D eigenvalue weighted by atomic mass is 15.1. The summed E-state index contributed by atoms with van der Waals surface area (Å²) < 4.78 is 2.39. The number of para-hydroxylation sites is 3. The van der Waals surface area contributed by atoms with Gasteiger partial charge in [-0.3, -0.25) is 0 Å². The van der Waals surface area contributed by atoms with Crippen molar-refractivity contribution in [3.63, 3.8) is 0 Å².